The number of carbonyl (C=O) groups is 1. The molecule has 296 valence electrons. The van der Waals surface area contributed by atoms with Crippen molar-refractivity contribution in [2.24, 2.45) is 0 Å². The first kappa shape index (κ1) is 34.6. The number of rotatable bonds is 10. The fourth-order valence-electron chi connectivity index (χ4n) is 9.23. The van der Waals surface area contributed by atoms with Crippen molar-refractivity contribution in [1.82, 2.24) is 49.5 Å². The fourth-order valence-corrected chi connectivity index (χ4v) is 9.23. The second kappa shape index (κ2) is 12.8. The molecule has 0 spiro atoms. The maximum atomic E-state index is 16.1. The molecule has 10 aromatic rings. The van der Waals surface area contributed by atoms with Gasteiger partial charge in [0.1, 0.15) is 23.3 Å². The van der Waals surface area contributed by atoms with Gasteiger partial charge in [0.2, 0.25) is 0 Å². The second-order valence-electron chi connectivity index (χ2n) is 16.8. The summed E-state index contributed by atoms with van der Waals surface area (Å²) in [5.74, 6) is 1.66. The van der Waals surface area contributed by atoms with Gasteiger partial charge in [-0.2, -0.15) is 10.2 Å². The van der Waals surface area contributed by atoms with Crippen molar-refractivity contribution in [3.8, 4) is 11.4 Å². The highest BCUT2D eigenvalue weighted by molar-refractivity contribution is 6.00. The van der Waals surface area contributed by atoms with Crippen molar-refractivity contribution >= 4 is 61.3 Å². The van der Waals surface area contributed by atoms with E-state index in [0.717, 1.165) is 78.3 Å². The average Bonchev–Trinajstić information content (AvgIpc) is 3.97. The molecule has 8 N–H and O–H groups in total. The second-order valence-corrected chi connectivity index (χ2v) is 16.8. The molecule has 13 heteroatoms. The average molecular weight is 791 g/mol. The van der Waals surface area contributed by atoms with Crippen LogP contribution in [0.2, 0.25) is 0 Å². The van der Waals surface area contributed by atoms with E-state index in [1.54, 1.807) is 21.8 Å². The molecule has 0 bridgehead atoms. The molecule has 0 radical (unpaired) electrons. The number of hydrogen-bond donors (Lipinski definition) is 6. The van der Waals surface area contributed by atoms with Crippen LogP contribution < -0.4 is 11.5 Å². The van der Waals surface area contributed by atoms with Gasteiger partial charge in [-0.1, -0.05) is 12.1 Å². The number of nitrogens with zero attached hydrogens (tertiary/aromatic N) is 6. The maximum Gasteiger partial charge on any atom is 0.159 e. The summed E-state index contributed by atoms with van der Waals surface area (Å²) in [4.78, 5) is 39.1. The summed E-state index contributed by atoms with van der Waals surface area (Å²) in [5.41, 5.74) is 26.3. The number of aryl methyl sites for hydroxylation is 2. The van der Waals surface area contributed by atoms with Gasteiger partial charge in [-0.25, -0.2) is 19.3 Å². The molecule has 0 amide bonds. The molecule has 2 fully saturated rings. The number of ketones is 1. The molecule has 13 nitrogen and oxygen atoms in total. The third kappa shape index (κ3) is 5.63. The summed E-state index contributed by atoms with van der Waals surface area (Å²) in [7, 11) is 0. The number of carbonyl (C=O) groups excluding carboxylic acids is 1. The number of aromatic amines is 4. The lowest BCUT2D eigenvalue weighted by Crippen LogP contribution is -2.24. The zero-order valence-electron chi connectivity index (χ0n) is 33.1. The van der Waals surface area contributed by atoms with E-state index in [0.29, 0.717) is 34.6 Å². The number of nitrogen functional groups attached to an aromatic ring is 2. The van der Waals surface area contributed by atoms with Gasteiger partial charge >= 0.3 is 0 Å². The number of imidazole rings is 2. The zero-order valence-corrected chi connectivity index (χ0v) is 33.1. The molecule has 2 aliphatic rings. The number of nitrogens with two attached hydrogens (primary N) is 2. The van der Waals surface area contributed by atoms with Gasteiger partial charge < -0.3 is 31.4 Å². The van der Waals surface area contributed by atoms with Crippen LogP contribution in [0.15, 0.2) is 97.3 Å². The standard InChI is InChI=1S/C47H42N12O/c1-23-52-37-13-9-31(19-39(37)54-23)58-46(48)33(21-50-58)43(41-17-29-15-27(25-3-4-25)7-11-35(29)56-41)45(60)44(42-18-30-16-28(26-5-6-26)8-12-36(30)57-42)34-22-51-59(47(34)49)32-10-14-38-40(20-32)55-24(2)53-38/h7-22,25-26,43-44,56-57H,3-6,48-49H2,1-2H3,(H,52,54)(H,53,55). The largest absolute Gasteiger partial charge is 0.383 e. The molecular formula is C47H42N12O. The van der Waals surface area contributed by atoms with E-state index < -0.39 is 11.8 Å². The molecular weight excluding hydrogens is 749 g/mol. The Morgan fingerprint density at radius 3 is 1.47 bits per heavy atom. The van der Waals surface area contributed by atoms with Crippen LogP contribution in [0, 0.1) is 13.8 Å². The van der Waals surface area contributed by atoms with Crippen LogP contribution in [0.25, 0.3) is 55.2 Å². The minimum Gasteiger partial charge on any atom is -0.383 e. The highest BCUT2D eigenvalue weighted by Crippen LogP contribution is 2.45. The quantitative estimate of drug-likeness (QED) is 0.0796. The van der Waals surface area contributed by atoms with Gasteiger partial charge in [-0.05, 0) is 146 Å². The Bertz CT molecular complexity index is 3120. The molecule has 2 atom stereocenters. The number of aromatic nitrogens is 10. The Morgan fingerprint density at radius 1 is 0.583 bits per heavy atom. The van der Waals surface area contributed by atoms with Crippen LogP contribution in [0.4, 0.5) is 11.6 Å². The van der Waals surface area contributed by atoms with Crippen LogP contribution in [0.1, 0.15) is 94.6 Å². The predicted octanol–water partition coefficient (Wildman–Crippen LogP) is 8.84. The molecule has 6 heterocycles. The van der Waals surface area contributed by atoms with Gasteiger partial charge in [-0.3, -0.25) is 4.79 Å². The molecule has 0 saturated heterocycles. The molecule has 12 rings (SSSR count). The summed E-state index contributed by atoms with van der Waals surface area (Å²) in [6.07, 6.45) is 8.23. The van der Waals surface area contributed by atoms with E-state index in [4.69, 9.17) is 21.7 Å². The Labute approximate surface area is 343 Å². The molecule has 2 aliphatic carbocycles. The number of fused-ring (bicyclic) bond motifs is 4. The predicted molar refractivity (Wildman–Crippen MR) is 234 cm³/mol. The van der Waals surface area contributed by atoms with E-state index in [1.165, 1.54) is 36.8 Å². The zero-order chi connectivity index (χ0) is 40.4. The lowest BCUT2D eigenvalue weighted by molar-refractivity contribution is -0.120. The highest BCUT2D eigenvalue weighted by Gasteiger charge is 2.39. The fraction of sp³-hybridized carbons (Fsp3) is 0.213. The van der Waals surface area contributed by atoms with Crippen molar-refractivity contribution < 1.29 is 4.79 Å². The van der Waals surface area contributed by atoms with Crippen molar-refractivity contribution in [2.45, 2.75) is 63.2 Å². The third-order valence-corrected chi connectivity index (χ3v) is 12.6. The van der Waals surface area contributed by atoms with Gasteiger partial charge in [0, 0.05) is 33.5 Å². The smallest absolute Gasteiger partial charge is 0.159 e. The summed E-state index contributed by atoms with van der Waals surface area (Å²) < 4.78 is 3.38. The molecule has 6 aromatic heterocycles. The molecule has 2 saturated carbocycles. The summed E-state index contributed by atoms with van der Waals surface area (Å²) >= 11 is 0. The maximum absolute atomic E-state index is 16.1. The SMILES string of the molecule is Cc1nc2ccc(-n3ncc(C(C(=O)C(c4cc5cc(C6CC6)ccc5[nH]4)c4cnn(-c5ccc6nc(C)[nH]c6c5)c4N)c4cc5cc(C6CC6)ccc5[nH]4)c3N)cc2[nH]1. The lowest BCUT2D eigenvalue weighted by Gasteiger charge is -2.22. The Hall–Kier alpha value is -7.41. The minimum absolute atomic E-state index is 0.130. The lowest BCUT2D eigenvalue weighted by atomic mass is 9.81. The van der Waals surface area contributed by atoms with Crippen LogP contribution in [-0.2, 0) is 4.79 Å². The molecule has 4 aromatic carbocycles. The number of Topliss-reactive ketones (excluding diaryl/α,β-unsaturated/α-hetero) is 1. The van der Waals surface area contributed by atoms with E-state index >= 15 is 4.79 Å². The van der Waals surface area contributed by atoms with Crippen LogP contribution in [0.3, 0.4) is 0 Å². The Kier molecular flexibility index (Phi) is 7.38. The number of hydrogen-bond acceptors (Lipinski definition) is 7. The van der Waals surface area contributed by atoms with E-state index in [-0.39, 0.29) is 5.78 Å². The number of anilines is 2. The highest BCUT2D eigenvalue weighted by atomic mass is 16.1. The van der Waals surface area contributed by atoms with Gasteiger partial charge in [0.25, 0.3) is 0 Å². The normalized spacial score (nSPS) is 15.5. The number of benzene rings is 4. The van der Waals surface area contributed by atoms with Crippen LogP contribution in [-0.4, -0.2) is 55.2 Å². The summed E-state index contributed by atoms with van der Waals surface area (Å²) in [6, 6.07) is 29.0. The van der Waals surface area contributed by atoms with Gasteiger partial charge in [0.15, 0.2) is 5.78 Å². The molecule has 60 heavy (non-hydrogen) atoms. The first-order chi connectivity index (χ1) is 29.2. The van der Waals surface area contributed by atoms with Crippen molar-refractivity contribution in [3.63, 3.8) is 0 Å². The van der Waals surface area contributed by atoms with Gasteiger partial charge in [0.05, 0.1) is 57.7 Å². The summed E-state index contributed by atoms with van der Waals surface area (Å²) in [6.45, 7) is 3.85. The van der Waals surface area contributed by atoms with Crippen molar-refractivity contribution in [2.75, 3.05) is 11.5 Å². The van der Waals surface area contributed by atoms with E-state index in [2.05, 4.69) is 78.4 Å². The monoisotopic (exact) mass is 790 g/mol. The van der Waals surface area contributed by atoms with Crippen LogP contribution in [0.5, 0.6) is 0 Å². The first-order valence-corrected chi connectivity index (χ1v) is 20.6. The summed E-state index contributed by atoms with van der Waals surface area (Å²) in [5, 5.41) is 11.7. The Morgan fingerprint density at radius 2 is 1.03 bits per heavy atom. The van der Waals surface area contributed by atoms with Gasteiger partial charge in [-0.15, -0.1) is 0 Å². The van der Waals surface area contributed by atoms with Crippen LogP contribution >= 0.6 is 0 Å². The topological polar surface area (TPSA) is 194 Å². The van der Waals surface area contributed by atoms with Crippen molar-refractivity contribution in [1.29, 1.82) is 0 Å². The van der Waals surface area contributed by atoms with Crippen molar-refractivity contribution in [3.05, 3.63) is 143 Å². The van der Waals surface area contributed by atoms with E-state index in [9.17, 15) is 0 Å². The Balaban J connectivity index is 1.04. The first-order valence-electron chi connectivity index (χ1n) is 20.6. The molecule has 0 aliphatic heterocycles. The number of nitrogens with one attached hydrogen (secondary N) is 4. The molecule has 2 unspecified atom stereocenters. The van der Waals surface area contributed by atoms with E-state index in [1.807, 2.05) is 50.2 Å². The number of H-pyrrole nitrogens is 4. The third-order valence-electron chi connectivity index (χ3n) is 12.6. The minimum atomic E-state index is -0.862.